The number of methoxy groups -OCH3 is 1. The third-order valence-electron chi connectivity index (χ3n) is 2.81. The Morgan fingerprint density at radius 3 is 2.76 bits per heavy atom. The minimum atomic E-state index is -0.281. The van der Waals surface area contributed by atoms with Gasteiger partial charge in [-0.25, -0.2) is 4.39 Å². The zero-order chi connectivity index (χ0) is 12.7. The molecule has 0 aromatic carbocycles. The normalized spacial score (nSPS) is 14.6. The number of aromatic nitrogens is 1. The molecule has 4 heteroatoms. The van der Waals surface area contributed by atoms with E-state index < -0.39 is 0 Å². The van der Waals surface area contributed by atoms with Crippen LogP contribution in [0.3, 0.4) is 0 Å². The quantitative estimate of drug-likeness (QED) is 0.795. The maximum absolute atomic E-state index is 13.7. The predicted octanol–water partition coefficient (Wildman–Crippen LogP) is 2.69. The Hall–Kier alpha value is -1.00. The van der Waals surface area contributed by atoms with Gasteiger partial charge >= 0.3 is 0 Å². The molecule has 1 heterocycles. The van der Waals surface area contributed by atoms with Crippen LogP contribution in [0.1, 0.15) is 38.3 Å². The lowest BCUT2D eigenvalue weighted by Gasteiger charge is -2.27. The summed E-state index contributed by atoms with van der Waals surface area (Å²) in [4.78, 5) is 3.77. The van der Waals surface area contributed by atoms with E-state index >= 15 is 0 Å². The average Bonchev–Trinajstić information content (AvgIpc) is 2.34. The fourth-order valence-corrected chi connectivity index (χ4v) is 2.00. The molecule has 0 saturated carbocycles. The number of rotatable bonds is 7. The highest BCUT2D eigenvalue weighted by Crippen LogP contribution is 2.24. The molecule has 0 radical (unpaired) electrons. The first-order valence-electron chi connectivity index (χ1n) is 6.10. The van der Waals surface area contributed by atoms with Gasteiger partial charge in [0.15, 0.2) is 0 Å². The van der Waals surface area contributed by atoms with Crippen molar-refractivity contribution in [3.63, 3.8) is 0 Å². The number of pyridine rings is 1. The summed E-state index contributed by atoms with van der Waals surface area (Å²) < 4.78 is 19.2. The van der Waals surface area contributed by atoms with Crippen molar-refractivity contribution in [2.75, 3.05) is 13.7 Å². The molecule has 0 saturated heterocycles. The van der Waals surface area contributed by atoms with Gasteiger partial charge in [-0.2, -0.15) is 0 Å². The lowest BCUT2D eigenvalue weighted by molar-refractivity contribution is 0.0599. The fourth-order valence-electron chi connectivity index (χ4n) is 2.00. The number of hydrogen-bond donors (Lipinski definition) is 1. The van der Waals surface area contributed by atoms with E-state index in [1.807, 2.05) is 6.92 Å². The standard InChI is InChI=1S/C13H21FN2O/c1-4-6-12(17-3)13(16-5-2)10-7-8-15-9-11(10)14/h7-9,12-13,16H,4-6H2,1-3H3. The molecular formula is C13H21FN2O. The summed E-state index contributed by atoms with van der Waals surface area (Å²) in [6.07, 6.45) is 4.75. The molecule has 1 aromatic heterocycles. The lowest BCUT2D eigenvalue weighted by Crippen LogP contribution is -2.34. The molecule has 2 atom stereocenters. The SMILES string of the molecule is CCCC(OC)C(NCC)c1ccncc1F. The molecule has 0 fully saturated rings. The minimum Gasteiger partial charge on any atom is -0.379 e. The Morgan fingerprint density at radius 2 is 2.24 bits per heavy atom. The zero-order valence-electron chi connectivity index (χ0n) is 10.7. The van der Waals surface area contributed by atoms with Crippen LogP contribution in [0.5, 0.6) is 0 Å². The van der Waals surface area contributed by atoms with Crippen LogP contribution in [0, 0.1) is 5.82 Å². The zero-order valence-corrected chi connectivity index (χ0v) is 10.7. The van der Waals surface area contributed by atoms with E-state index in [1.54, 1.807) is 19.4 Å². The number of nitrogens with zero attached hydrogens (tertiary/aromatic N) is 1. The van der Waals surface area contributed by atoms with Gasteiger partial charge in [0.05, 0.1) is 18.3 Å². The van der Waals surface area contributed by atoms with Crippen LogP contribution < -0.4 is 5.32 Å². The summed E-state index contributed by atoms with van der Waals surface area (Å²) in [7, 11) is 1.67. The molecule has 1 N–H and O–H groups in total. The highest BCUT2D eigenvalue weighted by Gasteiger charge is 2.24. The number of nitrogens with one attached hydrogen (secondary N) is 1. The summed E-state index contributed by atoms with van der Waals surface area (Å²) in [6.45, 7) is 4.87. The monoisotopic (exact) mass is 240 g/mol. The molecule has 0 bridgehead atoms. The van der Waals surface area contributed by atoms with Crippen molar-refractivity contribution < 1.29 is 9.13 Å². The highest BCUT2D eigenvalue weighted by atomic mass is 19.1. The maximum Gasteiger partial charge on any atom is 0.146 e. The third kappa shape index (κ3) is 3.75. The Kier molecular flexibility index (Phi) is 6.08. The average molecular weight is 240 g/mol. The number of ether oxygens (including phenoxy) is 1. The smallest absolute Gasteiger partial charge is 0.146 e. The molecule has 0 amide bonds. The van der Waals surface area contributed by atoms with Gasteiger partial charge in [0, 0.05) is 18.9 Å². The first-order chi connectivity index (χ1) is 8.24. The van der Waals surface area contributed by atoms with Crippen LogP contribution in [-0.4, -0.2) is 24.7 Å². The van der Waals surface area contributed by atoms with Crippen molar-refractivity contribution in [1.82, 2.24) is 10.3 Å². The van der Waals surface area contributed by atoms with Gasteiger partial charge in [-0.3, -0.25) is 4.98 Å². The predicted molar refractivity (Wildman–Crippen MR) is 66.3 cm³/mol. The molecule has 17 heavy (non-hydrogen) atoms. The third-order valence-corrected chi connectivity index (χ3v) is 2.81. The second-order valence-electron chi connectivity index (χ2n) is 4.00. The van der Waals surface area contributed by atoms with Gasteiger partial charge in [0.2, 0.25) is 0 Å². The Balaban J connectivity index is 2.94. The molecule has 0 aliphatic heterocycles. The van der Waals surface area contributed by atoms with Crippen LogP contribution in [-0.2, 0) is 4.74 Å². The van der Waals surface area contributed by atoms with Crippen LogP contribution in [0.15, 0.2) is 18.5 Å². The largest absolute Gasteiger partial charge is 0.379 e. The minimum absolute atomic E-state index is 0.0168. The number of halogens is 1. The van der Waals surface area contributed by atoms with Gasteiger partial charge in [0.25, 0.3) is 0 Å². The van der Waals surface area contributed by atoms with E-state index in [-0.39, 0.29) is 18.0 Å². The molecule has 0 aliphatic rings. The summed E-state index contributed by atoms with van der Waals surface area (Å²) in [5.74, 6) is -0.281. The lowest BCUT2D eigenvalue weighted by atomic mass is 9.98. The Morgan fingerprint density at radius 1 is 1.47 bits per heavy atom. The van der Waals surface area contributed by atoms with Crippen molar-refractivity contribution in [2.24, 2.45) is 0 Å². The van der Waals surface area contributed by atoms with Crippen molar-refractivity contribution in [2.45, 2.75) is 38.8 Å². The molecule has 1 aromatic rings. The molecule has 0 spiro atoms. The van der Waals surface area contributed by atoms with Crippen molar-refractivity contribution >= 4 is 0 Å². The fraction of sp³-hybridized carbons (Fsp3) is 0.615. The van der Waals surface area contributed by atoms with E-state index in [1.165, 1.54) is 6.20 Å². The summed E-state index contributed by atoms with van der Waals surface area (Å²) in [6, 6.07) is 1.59. The van der Waals surface area contributed by atoms with E-state index in [9.17, 15) is 4.39 Å². The van der Waals surface area contributed by atoms with E-state index in [0.29, 0.717) is 5.56 Å². The van der Waals surface area contributed by atoms with E-state index in [4.69, 9.17) is 4.74 Å². The van der Waals surface area contributed by atoms with Crippen LogP contribution in [0.2, 0.25) is 0 Å². The Bertz CT molecular complexity index is 333. The molecule has 2 unspecified atom stereocenters. The molecule has 3 nitrogen and oxygen atoms in total. The maximum atomic E-state index is 13.7. The molecule has 1 rings (SSSR count). The second kappa shape index (κ2) is 7.35. The van der Waals surface area contributed by atoms with Gasteiger partial charge in [-0.05, 0) is 19.0 Å². The molecule has 0 aliphatic carbocycles. The van der Waals surface area contributed by atoms with Crippen LogP contribution in [0.4, 0.5) is 4.39 Å². The van der Waals surface area contributed by atoms with E-state index in [0.717, 1.165) is 19.4 Å². The molecular weight excluding hydrogens is 219 g/mol. The van der Waals surface area contributed by atoms with Crippen LogP contribution >= 0.6 is 0 Å². The van der Waals surface area contributed by atoms with Crippen molar-refractivity contribution in [1.29, 1.82) is 0 Å². The van der Waals surface area contributed by atoms with Gasteiger partial charge in [0.1, 0.15) is 5.82 Å². The first-order valence-corrected chi connectivity index (χ1v) is 6.10. The van der Waals surface area contributed by atoms with Crippen molar-refractivity contribution in [3.8, 4) is 0 Å². The topological polar surface area (TPSA) is 34.1 Å². The van der Waals surface area contributed by atoms with Gasteiger partial charge < -0.3 is 10.1 Å². The Labute approximate surface area is 102 Å². The summed E-state index contributed by atoms with van der Waals surface area (Å²) in [5.41, 5.74) is 0.627. The van der Waals surface area contributed by atoms with E-state index in [2.05, 4.69) is 17.2 Å². The first kappa shape index (κ1) is 14.1. The van der Waals surface area contributed by atoms with Crippen molar-refractivity contribution in [3.05, 3.63) is 29.8 Å². The van der Waals surface area contributed by atoms with Gasteiger partial charge in [-0.1, -0.05) is 20.3 Å². The highest BCUT2D eigenvalue weighted by molar-refractivity contribution is 5.19. The summed E-state index contributed by atoms with van der Waals surface area (Å²) >= 11 is 0. The number of hydrogen-bond acceptors (Lipinski definition) is 3. The number of likely N-dealkylation sites (N-methyl/N-ethyl adjacent to an activating group) is 1. The molecule has 96 valence electrons. The second-order valence-corrected chi connectivity index (χ2v) is 4.00. The van der Waals surface area contributed by atoms with Gasteiger partial charge in [-0.15, -0.1) is 0 Å². The van der Waals surface area contributed by atoms with Crippen LogP contribution in [0.25, 0.3) is 0 Å². The summed E-state index contributed by atoms with van der Waals surface area (Å²) in [5, 5.41) is 3.28.